The SMILES string of the molecule is CCCNc1c(F)cccc1C(=O)NC(C)(C)COC. The van der Waals surface area contributed by atoms with E-state index < -0.39 is 11.4 Å². The number of anilines is 1. The molecule has 0 atom stereocenters. The predicted octanol–water partition coefficient (Wildman–Crippen LogP) is 2.80. The third kappa shape index (κ3) is 4.49. The third-order valence-electron chi connectivity index (χ3n) is 2.77. The number of para-hydroxylation sites is 1. The summed E-state index contributed by atoms with van der Waals surface area (Å²) >= 11 is 0. The molecule has 0 unspecified atom stereocenters. The molecule has 0 saturated heterocycles. The van der Waals surface area contributed by atoms with E-state index in [0.29, 0.717) is 18.7 Å². The van der Waals surface area contributed by atoms with Gasteiger partial charge in [-0.05, 0) is 32.4 Å². The first-order valence-electron chi connectivity index (χ1n) is 6.75. The van der Waals surface area contributed by atoms with Crippen LogP contribution in [0.25, 0.3) is 0 Å². The number of halogens is 1. The topological polar surface area (TPSA) is 50.4 Å². The van der Waals surface area contributed by atoms with E-state index >= 15 is 0 Å². The minimum absolute atomic E-state index is 0.250. The molecule has 4 nitrogen and oxygen atoms in total. The van der Waals surface area contributed by atoms with Crippen LogP contribution < -0.4 is 10.6 Å². The fourth-order valence-electron chi connectivity index (χ4n) is 1.91. The van der Waals surface area contributed by atoms with Crippen LogP contribution in [0.15, 0.2) is 18.2 Å². The van der Waals surface area contributed by atoms with Crippen LogP contribution in [0, 0.1) is 5.82 Å². The van der Waals surface area contributed by atoms with Gasteiger partial charge in [-0.2, -0.15) is 0 Å². The molecule has 0 aliphatic heterocycles. The highest BCUT2D eigenvalue weighted by atomic mass is 19.1. The van der Waals surface area contributed by atoms with E-state index in [4.69, 9.17) is 4.74 Å². The molecule has 0 bridgehead atoms. The quantitative estimate of drug-likeness (QED) is 0.808. The average molecular weight is 282 g/mol. The van der Waals surface area contributed by atoms with Gasteiger partial charge in [0, 0.05) is 13.7 Å². The van der Waals surface area contributed by atoms with Gasteiger partial charge in [-0.3, -0.25) is 4.79 Å². The predicted molar refractivity (Wildman–Crippen MR) is 78.6 cm³/mol. The van der Waals surface area contributed by atoms with Crippen LogP contribution in [0.1, 0.15) is 37.6 Å². The zero-order valence-corrected chi connectivity index (χ0v) is 12.5. The molecular weight excluding hydrogens is 259 g/mol. The zero-order chi connectivity index (χ0) is 15.2. The summed E-state index contributed by atoms with van der Waals surface area (Å²) in [5, 5.41) is 5.81. The lowest BCUT2D eigenvalue weighted by molar-refractivity contribution is 0.0820. The van der Waals surface area contributed by atoms with E-state index in [1.165, 1.54) is 12.1 Å². The molecule has 0 aromatic heterocycles. The molecule has 1 aromatic rings. The van der Waals surface area contributed by atoms with Crippen molar-refractivity contribution in [1.82, 2.24) is 5.32 Å². The second-order valence-corrected chi connectivity index (χ2v) is 5.36. The number of nitrogens with one attached hydrogen (secondary N) is 2. The van der Waals surface area contributed by atoms with Gasteiger partial charge in [0.05, 0.1) is 23.4 Å². The summed E-state index contributed by atoms with van der Waals surface area (Å²) in [6.45, 7) is 6.68. The van der Waals surface area contributed by atoms with Crippen molar-refractivity contribution in [2.24, 2.45) is 0 Å². The second-order valence-electron chi connectivity index (χ2n) is 5.36. The van der Waals surface area contributed by atoms with Gasteiger partial charge in [-0.1, -0.05) is 13.0 Å². The Kier molecular flexibility index (Phi) is 5.95. The Morgan fingerprint density at radius 3 is 2.70 bits per heavy atom. The lowest BCUT2D eigenvalue weighted by Gasteiger charge is -2.26. The van der Waals surface area contributed by atoms with Crippen LogP contribution in [0.3, 0.4) is 0 Å². The molecule has 20 heavy (non-hydrogen) atoms. The highest BCUT2D eigenvalue weighted by Gasteiger charge is 2.23. The number of methoxy groups -OCH3 is 1. The van der Waals surface area contributed by atoms with Gasteiger partial charge >= 0.3 is 0 Å². The molecule has 1 amide bonds. The van der Waals surface area contributed by atoms with Gasteiger partial charge in [0.25, 0.3) is 5.91 Å². The highest BCUT2D eigenvalue weighted by molar-refractivity contribution is 6.00. The van der Waals surface area contributed by atoms with E-state index in [1.54, 1.807) is 13.2 Å². The smallest absolute Gasteiger partial charge is 0.253 e. The highest BCUT2D eigenvalue weighted by Crippen LogP contribution is 2.20. The van der Waals surface area contributed by atoms with Crippen molar-refractivity contribution < 1.29 is 13.9 Å². The summed E-state index contributed by atoms with van der Waals surface area (Å²) in [6, 6.07) is 4.49. The van der Waals surface area contributed by atoms with Gasteiger partial charge < -0.3 is 15.4 Å². The molecule has 5 heteroatoms. The Bertz CT molecular complexity index is 461. The maximum atomic E-state index is 13.8. The fraction of sp³-hybridized carbons (Fsp3) is 0.533. The summed E-state index contributed by atoms with van der Waals surface area (Å²) in [6.07, 6.45) is 0.852. The van der Waals surface area contributed by atoms with Crippen LogP contribution in [0.5, 0.6) is 0 Å². The minimum atomic E-state index is -0.514. The molecule has 0 heterocycles. The summed E-state index contributed by atoms with van der Waals surface area (Å²) in [7, 11) is 1.57. The van der Waals surface area contributed by atoms with Crippen LogP contribution >= 0.6 is 0 Å². The van der Waals surface area contributed by atoms with Crippen molar-refractivity contribution in [3.63, 3.8) is 0 Å². The van der Waals surface area contributed by atoms with Crippen molar-refractivity contribution in [2.75, 3.05) is 25.6 Å². The molecule has 0 fully saturated rings. The molecule has 0 saturated carbocycles. The van der Waals surface area contributed by atoms with Crippen molar-refractivity contribution in [3.8, 4) is 0 Å². The zero-order valence-electron chi connectivity index (χ0n) is 12.5. The van der Waals surface area contributed by atoms with Crippen molar-refractivity contribution in [3.05, 3.63) is 29.6 Å². The Hall–Kier alpha value is -1.62. The summed E-state index contributed by atoms with van der Waals surface area (Å²) in [5.74, 6) is -0.735. The van der Waals surface area contributed by atoms with Gasteiger partial charge in [0.1, 0.15) is 5.82 Å². The summed E-state index contributed by atoms with van der Waals surface area (Å²) in [5.41, 5.74) is 0.0443. The molecule has 112 valence electrons. The maximum absolute atomic E-state index is 13.8. The van der Waals surface area contributed by atoms with E-state index in [9.17, 15) is 9.18 Å². The van der Waals surface area contributed by atoms with Gasteiger partial charge in [0.15, 0.2) is 0 Å². The summed E-state index contributed by atoms with van der Waals surface area (Å²) < 4.78 is 18.9. The fourth-order valence-corrected chi connectivity index (χ4v) is 1.91. The van der Waals surface area contributed by atoms with Crippen LogP contribution in [0.4, 0.5) is 10.1 Å². The van der Waals surface area contributed by atoms with Crippen LogP contribution in [-0.4, -0.2) is 31.7 Å². The Labute approximate surface area is 119 Å². The Morgan fingerprint density at radius 1 is 1.40 bits per heavy atom. The summed E-state index contributed by atoms with van der Waals surface area (Å²) in [4.78, 5) is 12.3. The standard InChI is InChI=1S/C15H23FN2O2/c1-5-9-17-13-11(7-6-8-12(13)16)14(19)18-15(2,3)10-20-4/h6-8,17H,5,9-10H2,1-4H3,(H,18,19). The normalized spacial score (nSPS) is 11.2. The number of amides is 1. The lowest BCUT2D eigenvalue weighted by Crippen LogP contribution is -2.47. The number of carbonyl (C=O) groups excluding carboxylic acids is 1. The molecule has 0 aliphatic rings. The minimum Gasteiger partial charge on any atom is -0.382 e. The second kappa shape index (κ2) is 7.24. The lowest BCUT2D eigenvalue weighted by atomic mass is 10.1. The number of ether oxygens (including phenoxy) is 1. The van der Waals surface area contributed by atoms with Gasteiger partial charge in [-0.25, -0.2) is 4.39 Å². The molecule has 1 rings (SSSR count). The maximum Gasteiger partial charge on any atom is 0.253 e. The van der Waals surface area contributed by atoms with Crippen LogP contribution in [0.2, 0.25) is 0 Å². The van der Waals surface area contributed by atoms with Crippen molar-refractivity contribution in [2.45, 2.75) is 32.7 Å². The molecule has 0 aliphatic carbocycles. The largest absolute Gasteiger partial charge is 0.382 e. The molecule has 2 N–H and O–H groups in total. The Balaban J connectivity index is 2.95. The number of hydrogen-bond acceptors (Lipinski definition) is 3. The molecule has 0 spiro atoms. The first kappa shape index (κ1) is 16.4. The average Bonchev–Trinajstić information content (AvgIpc) is 2.36. The van der Waals surface area contributed by atoms with E-state index in [0.717, 1.165) is 6.42 Å². The van der Waals surface area contributed by atoms with Crippen molar-refractivity contribution in [1.29, 1.82) is 0 Å². The number of benzene rings is 1. The first-order chi connectivity index (χ1) is 9.41. The molecule has 0 radical (unpaired) electrons. The van der Waals surface area contributed by atoms with E-state index in [1.807, 2.05) is 20.8 Å². The van der Waals surface area contributed by atoms with Gasteiger partial charge in [-0.15, -0.1) is 0 Å². The number of carbonyl (C=O) groups is 1. The molecule has 1 aromatic carbocycles. The number of rotatable bonds is 7. The van der Waals surface area contributed by atoms with Crippen LogP contribution in [-0.2, 0) is 4.74 Å². The van der Waals surface area contributed by atoms with Crippen molar-refractivity contribution >= 4 is 11.6 Å². The third-order valence-corrected chi connectivity index (χ3v) is 2.77. The van der Waals surface area contributed by atoms with E-state index in [-0.39, 0.29) is 11.6 Å². The Morgan fingerprint density at radius 2 is 2.10 bits per heavy atom. The first-order valence-corrected chi connectivity index (χ1v) is 6.75. The monoisotopic (exact) mass is 282 g/mol. The van der Waals surface area contributed by atoms with Gasteiger partial charge in [0.2, 0.25) is 0 Å². The number of hydrogen-bond donors (Lipinski definition) is 2. The van der Waals surface area contributed by atoms with E-state index in [2.05, 4.69) is 10.6 Å². The molecular formula is C15H23FN2O2.